The van der Waals surface area contributed by atoms with Crippen molar-refractivity contribution in [2.45, 2.75) is 30.9 Å². The summed E-state index contributed by atoms with van der Waals surface area (Å²) >= 11 is 6.32. The minimum absolute atomic E-state index is 0.0763. The lowest BCUT2D eigenvalue weighted by Crippen LogP contribution is -2.25. The molecule has 29 heavy (non-hydrogen) atoms. The maximum atomic E-state index is 12.0. The molecule has 0 spiro atoms. The molecule has 1 aromatic carbocycles. The molecule has 1 fully saturated rings. The smallest absolute Gasteiger partial charge is 0.252 e. The summed E-state index contributed by atoms with van der Waals surface area (Å²) in [7, 11) is -3.67. The predicted octanol–water partition coefficient (Wildman–Crippen LogP) is 2.61. The first-order chi connectivity index (χ1) is 13.6. The summed E-state index contributed by atoms with van der Waals surface area (Å²) in [5.41, 5.74) is 1.33. The van der Waals surface area contributed by atoms with Crippen molar-refractivity contribution in [3.63, 3.8) is 0 Å². The lowest BCUT2D eigenvalue weighted by atomic mass is 10.1. The quantitative estimate of drug-likeness (QED) is 0.604. The number of benzene rings is 1. The Bertz CT molecular complexity index is 1180. The molecule has 3 aromatic rings. The third kappa shape index (κ3) is 4.06. The number of H-pyrrole nitrogens is 1. The molecule has 11 heteroatoms. The van der Waals surface area contributed by atoms with Crippen LogP contribution in [0.5, 0.6) is 5.88 Å². The van der Waals surface area contributed by atoms with E-state index in [9.17, 15) is 8.42 Å². The number of sulfone groups is 1. The minimum Gasteiger partial charge on any atom is -0.474 e. The van der Waals surface area contributed by atoms with Gasteiger partial charge in [0.1, 0.15) is 23.8 Å². The van der Waals surface area contributed by atoms with E-state index in [4.69, 9.17) is 25.8 Å². The molecule has 0 aliphatic carbocycles. The fourth-order valence-electron chi connectivity index (χ4n) is 3.02. The van der Waals surface area contributed by atoms with Gasteiger partial charge in [0, 0.05) is 11.8 Å². The lowest BCUT2D eigenvalue weighted by molar-refractivity contribution is -0.141. The SMILES string of the molecule is CC1(C)OC[C@@H](COc2nc(S(C)(=O)=O)nc3[nH]nc(-c4ccccc4Cl)c23)O1. The number of rotatable bonds is 5. The van der Waals surface area contributed by atoms with E-state index in [1.54, 1.807) is 18.2 Å². The summed E-state index contributed by atoms with van der Waals surface area (Å²) < 4.78 is 41.2. The van der Waals surface area contributed by atoms with Crippen LogP contribution in [0.1, 0.15) is 13.8 Å². The van der Waals surface area contributed by atoms with Gasteiger partial charge in [-0.25, -0.2) is 8.42 Å². The Hall–Kier alpha value is -2.27. The van der Waals surface area contributed by atoms with Crippen LogP contribution in [0.3, 0.4) is 0 Å². The molecule has 9 nitrogen and oxygen atoms in total. The number of aromatic nitrogens is 4. The van der Waals surface area contributed by atoms with Gasteiger partial charge in [0.05, 0.1) is 11.6 Å². The van der Waals surface area contributed by atoms with E-state index < -0.39 is 15.6 Å². The molecule has 0 unspecified atom stereocenters. The maximum Gasteiger partial charge on any atom is 0.252 e. The second-order valence-electron chi connectivity index (χ2n) is 7.12. The summed E-state index contributed by atoms with van der Waals surface area (Å²) in [5, 5.41) is 7.57. The fraction of sp³-hybridized carbons (Fsp3) is 0.389. The molecule has 1 aliphatic heterocycles. The minimum atomic E-state index is -3.67. The van der Waals surface area contributed by atoms with Crippen molar-refractivity contribution in [2.24, 2.45) is 0 Å². The molecule has 1 N–H and O–H groups in total. The van der Waals surface area contributed by atoms with Crippen LogP contribution in [0, 0.1) is 0 Å². The fourth-order valence-corrected chi connectivity index (χ4v) is 3.75. The average Bonchev–Trinajstić information content (AvgIpc) is 3.22. The zero-order valence-corrected chi connectivity index (χ0v) is 17.5. The van der Waals surface area contributed by atoms with Gasteiger partial charge in [-0.3, -0.25) is 5.10 Å². The molecule has 1 saturated heterocycles. The summed E-state index contributed by atoms with van der Waals surface area (Å²) in [6, 6.07) is 7.15. The summed E-state index contributed by atoms with van der Waals surface area (Å²) in [6.45, 7) is 4.08. The van der Waals surface area contributed by atoms with E-state index >= 15 is 0 Å². The van der Waals surface area contributed by atoms with Gasteiger partial charge in [0.25, 0.3) is 5.16 Å². The predicted molar refractivity (Wildman–Crippen MR) is 106 cm³/mol. The summed E-state index contributed by atoms with van der Waals surface area (Å²) in [4.78, 5) is 8.23. The van der Waals surface area contributed by atoms with Crippen molar-refractivity contribution < 1.29 is 22.6 Å². The number of nitrogens with zero attached hydrogens (tertiary/aromatic N) is 3. The first-order valence-electron chi connectivity index (χ1n) is 8.80. The molecule has 0 bridgehead atoms. The third-order valence-electron chi connectivity index (χ3n) is 4.30. The van der Waals surface area contributed by atoms with Crippen LogP contribution >= 0.6 is 11.6 Å². The van der Waals surface area contributed by atoms with Crippen LogP contribution in [0.4, 0.5) is 0 Å². The van der Waals surface area contributed by atoms with Crippen molar-refractivity contribution in [2.75, 3.05) is 19.5 Å². The highest BCUT2D eigenvalue weighted by atomic mass is 35.5. The molecular weight excluding hydrogens is 420 g/mol. The Morgan fingerprint density at radius 1 is 1.31 bits per heavy atom. The molecule has 4 rings (SSSR count). The van der Waals surface area contributed by atoms with Gasteiger partial charge in [-0.05, 0) is 19.9 Å². The van der Waals surface area contributed by atoms with E-state index in [2.05, 4.69) is 20.2 Å². The molecule has 0 amide bonds. The van der Waals surface area contributed by atoms with Crippen molar-refractivity contribution in [3.05, 3.63) is 29.3 Å². The number of halogens is 1. The van der Waals surface area contributed by atoms with E-state index in [1.165, 1.54) is 0 Å². The van der Waals surface area contributed by atoms with E-state index in [0.717, 1.165) is 6.26 Å². The Balaban J connectivity index is 1.79. The van der Waals surface area contributed by atoms with E-state index in [-0.39, 0.29) is 29.4 Å². The monoisotopic (exact) mass is 438 g/mol. The van der Waals surface area contributed by atoms with Gasteiger partial charge in [-0.1, -0.05) is 29.8 Å². The van der Waals surface area contributed by atoms with E-state index in [1.807, 2.05) is 19.9 Å². The van der Waals surface area contributed by atoms with Crippen LogP contribution < -0.4 is 4.74 Å². The number of fused-ring (bicyclic) bond motifs is 1. The molecule has 1 atom stereocenters. The number of nitrogens with one attached hydrogen (secondary N) is 1. The largest absolute Gasteiger partial charge is 0.474 e. The zero-order chi connectivity index (χ0) is 20.8. The van der Waals surface area contributed by atoms with Gasteiger partial charge in [0.15, 0.2) is 11.4 Å². The number of aromatic amines is 1. The molecule has 0 radical (unpaired) electrons. The third-order valence-corrected chi connectivity index (χ3v) is 5.48. The summed E-state index contributed by atoms with van der Waals surface area (Å²) in [6.07, 6.45) is 0.701. The number of ether oxygens (including phenoxy) is 3. The van der Waals surface area contributed by atoms with Crippen molar-refractivity contribution >= 4 is 32.5 Å². The Morgan fingerprint density at radius 3 is 2.72 bits per heavy atom. The Labute approximate surface area is 172 Å². The van der Waals surface area contributed by atoms with Crippen LogP contribution in [-0.2, 0) is 19.3 Å². The molecular formula is C18H19ClN4O5S. The molecule has 2 aromatic heterocycles. The number of hydrogen-bond donors (Lipinski definition) is 1. The first kappa shape index (κ1) is 20.0. The van der Waals surface area contributed by atoms with Gasteiger partial charge in [-0.2, -0.15) is 15.1 Å². The van der Waals surface area contributed by atoms with Crippen LogP contribution in [0.2, 0.25) is 5.02 Å². The highest BCUT2D eigenvalue weighted by Gasteiger charge is 2.33. The average molecular weight is 439 g/mol. The second-order valence-corrected chi connectivity index (χ2v) is 9.44. The Kier molecular flexibility index (Phi) is 4.97. The van der Waals surface area contributed by atoms with Crippen molar-refractivity contribution in [1.82, 2.24) is 20.2 Å². The lowest BCUT2D eigenvalue weighted by Gasteiger charge is -2.17. The van der Waals surface area contributed by atoms with Crippen molar-refractivity contribution in [1.29, 1.82) is 0 Å². The topological polar surface area (TPSA) is 116 Å². The second kappa shape index (κ2) is 7.21. The molecule has 0 saturated carbocycles. The van der Waals surface area contributed by atoms with Crippen LogP contribution in [0.15, 0.2) is 29.4 Å². The van der Waals surface area contributed by atoms with Crippen LogP contribution in [-0.4, -0.2) is 59.9 Å². The van der Waals surface area contributed by atoms with Gasteiger partial charge in [0.2, 0.25) is 15.7 Å². The highest BCUT2D eigenvalue weighted by molar-refractivity contribution is 7.90. The van der Waals surface area contributed by atoms with Gasteiger partial charge >= 0.3 is 0 Å². The number of hydrogen-bond acceptors (Lipinski definition) is 8. The van der Waals surface area contributed by atoms with E-state index in [0.29, 0.717) is 28.3 Å². The molecule has 154 valence electrons. The molecule has 1 aliphatic rings. The first-order valence-corrected chi connectivity index (χ1v) is 11.1. The van der Waals surface area contributed by atoms with Gasteiger partial charge < -0.3 is 14.2 Å². The maximum absolute atomic E-state index is 12.0. The normalized spacial score (nSPS) is 19.0. The Morgan fingerprint density at radius 2 is 2.07 bits per heavy atom. The summed E-state index contributed by atoms with van der Waals surface area (Å²) in [5.74, 6) is -0.627. The highest BCUT2D eigenvalue weighted by Crippen LogP contribution is 2.36. The van der Waals surface area contributed by atoms with Crippen LogP contribution in [0.25, 0.3) is 22.3 Å². The van der Waals surface area contributed by atoms with Crippen molar-refractivity contribution in [3.8, 4) is 17.1 Å². The molecule has 3 heterocycles. The standard InChI is InChI=1S/C18H19ClN4O5S/c1-18(2)27-9-10(28-18)8-26-16-13-14(11-6-4-5-7-12(11)19)22-23-15(13)20-17(21-16)29(3,24)25/h4-7,10H,8-9H2,1-3H3,(H,20,21,22,23)/t10-/m1/s1. The zero-order valence-electron chi connectivity index (χ0n) is 16.0. The van der Waals surface area contributed by atoms with Gasteiger partial charge in [-0.15, -0.1) is 0 Å².